The third-order valence-corrected chi connectivity index (χ3v) is 3.06. The normalized spacial score (nSPS) is 10.2. The highest BCUT2D eigenvalue weighted by Crippen LogP contribution is 2.15. The molecule has 2 rings (SSSR count). The van der Waals surface area contributed by atoms with E-state index in [1.807, 2.05) is 18.3 Å². The second-order valence-electron chi connectivity index (χ2n) is 3.86. The minimum absolute atomic E-state index is 0.901. The van der Waals surface area contributed by atoms with Crippen molar-refractivity contribution in [3.05, 3.63) is 58.3 Å². The number of hydrogen-bond donors (Lipinski definition) is 0. The molecule has 88 valence electrons. The van der Waals surface area contributed by atoms with Crippen LogP contribution in [0.15, 0.2) is 47.2 Å². The SMILES string of the molecule is COc1ccc(CCc2cncc(Br)c2)cc1. The van der Waals surface area contributed by atoms with Gasteiger partial charge in [0, 0.05) is 16.9 Å². The van der Waals surface area contributed by atoms with E-state index >= 15 is 0 Å². The van der Waals surface area contributed by atoms with Crippen molar-refractivity contribution in [1.29, 1.82) is 0 Å². The second kappa shape index (κ2) is 5.82. The average molecular weight is 292 g/mol. The summed E-state index contributed by atoms with van der Waals surface area (Å²) in [7, 11) is 1.68. The Kier molecular flexibility index (Phi) is 4.15. The van der Waals surface area contributed by atoms with Crippen LogP contribution in [0.2, 0.25) is 0 Å². The first-order valence-corrected chi connectivity index (χ1v) is 6.29. The fourth-order valence-electron chi connectivity index (χ4n) is 1.67. The van der Waals surface area contributed by atoms with E-state index in [9.17, 15) is 0 Å². The van der Waals surface area contributed by atoms with Gasteiger partial charge in [-0.3, -0.25) is 4.98 Å². The molecule has 0 amide bonds. The van der Waals surface area contributed by atoms with Gasteiger partial charge in [-0.1, -0.05) is 12.1 Å². The van der Waals surface area contributed by atoms with Gasteiger partial charge in [-0.05, 0) is 58.1 Å². The summed E-state index contributed by atoms with van der Waals surface area (Å²) in [6.45, 7) is 0. The Morgan fingerprint density at radius 1 is 1.06 bits per heavy atom. The third kappa shape index (κ3) is 3.56. The first-order valence-electron chi connectivity index (χ1n) is 5.50. The lowest BCUT2D eigenvalue weighted by atomic mass is 10.1. The van der Waals surface area contributed by atoms with Crippen LogP contribution in [0.1, 0.15) is 11.1 Å². The standard InChI is InChI=1S/C14H14BrNO/c1-17-14-6-4-11(5-7-14)2-3-12-8-13(15)10-16-9-12/h4-10H,2-3H2,1H3. The van der Waals surface area contributed by atoms with Crippen LogP contribution in [0.5, 0.6) is 5.75 Å². The quantitative estimate of drug-likeness (QED) is 0.858. The summed E-state index contributed by atoms with van der Waals surface area (Å²) < 4.78 is 6.16. The summed E-state index contributed by atoms with van der Waals surface area (Å²) in [5.74, 6) is 0.901. The van der Waals surface area contributed by atoms with Crippen LogP contribution < -0.4 is 4.74 Å². The highest BCUT2D eigenvalue weighted by Gasteiger charge is 1.98. The number of aromatic nitrogens is 1. The molecule has 0 radical (unpaired) electrons. The lowest BCUT2D eigenvalue weighted by molar-refractivity contribution is 0.414. The minimum atomic E-state index is 0.901. The van der Waals surface area contributed by atoms with Crippen molar-refractivity contribution in [2.45, 2.75) is 12.8 Å². The first-order chi connectivity index (χ1) is 8.28. The van der Waals surface area contributed by atoms with Gasteiger partial charge in [0.25, 0.3) is 0 Å². The molecule has 0 aliphatic carbocycles. The van der Waals surface area contributed by atoms with Crippen LogP contribution in [-0.2, 0) is 12.8 Å². The molecule has 0 spiro atoms. The lowest BCUT2D eigenvalue weighted by Gasteiger charge is -2.04. The molecule has 0 saturated carbocycles. The van der Waals surface area contributed by atoms with Crippen LogP contribution in [0.25, 0.3) is 0 Å². The fourth-order valence-corrected chi connectivity index (χ4v) is 2.09. The van der Waals surface area contributed by atoms with E-state index in [0.29, 0.717) is 0 Å². The Morgan fingerprint density at radius 3 is 2.41 bits per heavy atom. The van der Waals surface area contributed by atoms with E-state index in [1.165, 1.54) is 11.1 Å². The van der Waals surface area contributed by atoms with Gasteiger partial charge in [-0.15, -0.1) is 0 Å². The number of nitrogens with zero attached hydrogens (tertiary/aromatic N) is 1. The molecule has 0 N–H and O–H groups in total. The number of ether oxygens (including phenoxy) is 1. The maximum Gasteiger partial charge on any atom is 0.118 e. The summed E-state index contributed by atoms with van der Waals surface area (Å²) in [6.07, 6.45) is 5.73. The number of rotatable bonds is 4. The highest BCUT2D eigenvalue weighted by atomic mass is 79.9. The van der Waals surface area contributed by atoms with E-state index in [2.05, 4.69) is 39.1 Å². The lowest BCUT2D eigenvalue weighted by Crippen LogP contribution is -1.92. The van der Waals surface area contributed by atoms with Crippen molar-refractivity contribution in [2.24, 2.45) is 0 Å². The fraction of sp³-hybridized carbons (Fsp3) is 0.214. The van der Waals surface area contributed by atoms with Crippen LogP contribution >= 0.6 is 15.9 Å². The molecule has 0 saturated heterocycles. The number of pyridine rings is 1. The molecule has 0 bridgehead atoms. The minimum Gasteiger partial charge on any atom is -0.497 e. The van der Waals surface area contributed by atoms with Crippen LogP contribution in [0.4, 0.5) is 0 Å². The molecule has 0 fully saturated rings. The summed E-state index contributed by atoms with van der Waals surface area (Å²) in [4.78, 5) is 4.16. The molecule has 2 aromatic rings. The molecular weight excluding hydrogens is 278 g/mol. The van der Waals surface area contributed by atoms with E-state index in [0.717, 1.165) is 23.1 Å². The predicted molar refractivity (Wildman–Crippen MR) is 72.3 cm³/mol. The van der Waals surface area contributed by atoms with Crippen LogP contribution in [0, 0.1) is 0 Å². The topological polar surface area (TPSA) is 22.1 Å². The molecule has 2 nitrogen and oxygen atoms in total. The van der Waals surface area contributed by atoms with Gasteiger partial charge in [-0.2, -0.15) is 0 Å². The van der Waals surface area contributed by atoms with Crippen molar-refractivity contribution in [3.8, 4) is 5.75 Å². The maximum absolute atomic E-state index is 5.13. The average Bonchev–Trinajstić information content (AvgIpc) is 2.37. The maximum atomic E-state index is 5.13. The van der Waals surface area contributed by atoms with Crippen molar-refractivity contribution in [1.82, 2.24) is 4.98 Å². The number of methoxy groups -OCH3 is 1. The molecule has 0 unspecified atom stereocenters. The predicted octanol–water partition coefficient (Wildman–Crippen LogP) is 3.64. The van der Waals surface area contributed by atoms with Crippen molar-refractivity contribution >= 4 is 15.9 Å². The molecule has 1 aromatic carbocycles. The Balaban J connectivity index is 1.97. The Hall–Kier alpha value is -1.35. The number of aryl methyl sites for hydroxylation is 2. The largest absolute Gasteiger partial charge is 0.497 e. The molecule has 1 heterocycles. The first kappa shape index (κ1) is 12.1. The zero-order chi connectivity index (χ0) is 12.1. The second-order valence-corrected chi connectivity index (χ2v) is 4.78. The molecule has 0 atom stereocenters. The molecule has 1 aromatic heterocycles. The van der Waals surface area contributed by atoms with Gasteiger partial charge in [-0.25, -0.2) is 0 Å². The number of benzene rings is 1. The molecule has 3 heteroatoms. The Bertz CT molecular complexity index is 482. The van der Waals surface area contributed by atoms with Crippen molar-refractivity contribution < 1.29 is 4.74 Å². The van der Waals surface area contributed by atoms with Crippen LogP contribution in [-0.4, -0.2) is 12.1 Å². The Morgan fingerprint density at radius 2 is 1.76 bits per heavy atom. The number of halogens is 1. The van der Waals surface area contributed by atoms with Crippen LogP contribution in [0.3, 0.4) is 0 Å². The summed E-state index contributed by atoms with van der Waals surface area (Å²) >= 11 is 3.43. The monoisotopic (exact) mass is 291 g/mol. The number of hydrogen-bond acceptors (Lipinski definition) is 2. The van der Waals surface area contributed by atoms with E-state index in [1.54, 1.807) is 13.3 Å². The van der Waals surface area contributed by atoms with Gasteiger partial charge in [0.15, 0.2) is 0 Å². The molecule has 17 heavy (non-hydrogen) atoms. The third-order valence-electron chi connectivity index (χ3n) is 2.62. The van der Waals surface area contributed by atoms with Gasteiger partial charge < -0.3 is 4.74 Å². The summed E-state index contributed by atoms with van der Waals surface area (Å²) in [5.41, 5.74) is 2.56. The van der Waals surface area contributed by atoms with Crippen molar-refractivity contribution in [3.63, 3.8) is 0 Å². The van der Waals surface area contributed by atoms with Crippen molar-refractivity contribution in [2.75, 3.05) is 7.11 Å². The molecule has 0 aliphatic heterocycles. The zero-order valence-electron chi connectivity index (χ0n) is 9.69. The van der Waals surface area contributed by atoms with Gasteiger partial charge >= 0.3 is 0 Å². The smallest absolute Gasteiger partial charge is 0.118 e. The van der Waals surface area contributed by atoms with Gasteiger partial charge in [0.2, 0.25) is 0 Å². The van der Waals surface area contributed by atoms with Gasteiger partial charge in [0.05, 0.1) is 7.11 Å². The summed E-state index contributed by atoms with van der Waals surface area (Å²) in [6, 6.07) is 10.3. The van der Waals surface area contributed by atoms with E-state index < -0.39 is 0 Å². The highest BCUT2D eigenvalue weighted by molar-refractivity contribution is 9.10. The van der Waals surface area contributed by atoms with Gasteiger partial charge in [0.1, 0.15) is 5.75 Å². The summed E-state index contributed by atoms with van der Waals surface area (Å²) in [5, 5.41) is 0. The zero-order valence-corrected chi connectivity index (χ0v) is 11.3. The molecular formula is C14H14BrNO. The van der Waals surface area contributed by atoms with E-state index in [4.69, 9.17) is 4.74 Å². The van der Waals surface area contributed by atoms with E-state index in [-0.39, 0.29) is 0 Å². The Labute approximate surface area is 110 Å². The molecule has 0 aliphatic rings.